The fourth-order valence-electron chi connectivity index (χ4n) is 3.76. The Balaban J connectivity index is 1.60. The molecule has 146 valence electrons. The number of nitrogens with zero attached hydrogens (tertiary/aromatic N) is 1. The molecule has 2 atom stereocenters. The summed E-state index contributed by atoms with van der Waals surface area (Å²) >= 11 is 0. The zero-order valence-electron chi connectivity index (χ0n) is 16.0. The number of rotatable bonds is 7. The van der Waals surface area contributed by atoms with E-state index >= 15 is 0 Å². The maximum atomic E-state index is 13.8. The molecule has 1 aromatic heterocycles. The van der Waals surface area contributed by atoms with Gasteiger partial charge in [-0.05, 0) is 56.1 Å². The van der Waals surface area contributed by atoms with Crippen LogP contribution in [0.4, 0.5) is 4.39 Å². The van der Waals surface area contributed by atoms with Gasteiger partial charge in [0.05, 0.1) is 12.3 Å². The minimum Gasteiger partial charge on any atom is -0.468 e. The van der Waals surface area contributed by atoms with Gasteiger partial charge in [0.2, 0.25) is 5.91 Å². The van der Waals surface area contributed by atoms with Gasteiger partial charge >= 0.3 is 0 Å². The van der Waals surface area contributed by atoms with Crippen molar-refractivity contribution in [3.8, 4) is 0 Å². The second-order valence-electron chi connectivity index (χ2n) is 7.42. The molecule has 0 aliphatic carbocycles. The van der Waals surface area contributed by atoms with E-state index in [1.54, 1.807) is 24.5 Å². The summed E-state index contributed by atoms with van der Waals surface area (Å²) in [5.41, 5.74) is 0.579. The number of hydrogen-bond donors (Lipinski definition) is 1. The van der Waals surface area contributed by atoms with E-state index in [9.17, 15) is 9.18 Å². The molecular weight excluding hydrogens is 343 g/mol. The molecule has 2 heterocycles. The van der Waals surface area contributed by atoms with Crippen LogP contribution in [0.2, 0.25) is 0 Å². The zero-order valence-corrected chi connectivity index (χ0v) is 16.0. The number of benzene rings is 1. The van der Waals surface area contributed by atoms with Crippen LogP contribution in [0.3, 0.4) is 0 Å². The summed E-state index contributed by atoms with van der Waals surface area (Å²) in [5, 5.41) is 3.07. The molecule has 0 saturated carbocycles. The lowest BCUT2D eigenvalue weighted by Gasteiger charge is -2.29. The van der Waals surface area contributed by atoms with Gasteiger partial charge in [-0.15, -0.1) is 0 Å². The number of likely N-dealkylation sites (tertiary alicyclic amines) is 1. The molecule has 1 fully saturated rings. The summed E-state index contributed by atoms with van der Waals surface area (Å²) in [5.74, 6) is 0.294. The molecule has 2 unspecified atom stereocenters. The summed E-state index contributed by atoms with van der Waals surface area (Å²) in [7, 11) is 0. The summed E-state index contributed by atoms with van der Waals surface area (Å²) in [4.78, 5) is 15.0. The molecule has 27 heavy (non-hydrogen) atoms. The van der Waals surface area contributed by atoms with Gasteiger partial charge in [-0.2, -0.15) is 0 Å². The van der Waals surface area contributed by atoms with Gasteiger partial charge in [0.15, 0.2) is 0 Å². The number of furan rings is 1. The molecule has 1 aromatic carbocycles. The summed E-state index contributed by atoms with van der Waals surface area (Å²) < 4.78 is 19.5. The molecule has 0 bridgehead atoms. The lowest BCUT2D eigenvalue weighted by molar-refractivity contribution is -0.124. The van der Waals surface area contributed by atoms with Crippen LogP contribution in [0.5, 0.6) is 0 Å². The van der Waals surface area contributed by atoms with E-state index in [1.807, 2.05) is 19.1 Å². The minimum atomic E-state index is -0.289. The molecule has 2 aromatic rings. The Kier molecular flexibility index (Phi) is 7.04. The SMILES string of the molecule is CC(Cc1ccccc1F)C(=O)NCC(c1ccco1)N1CCCCCC1. The molecule has 5 heteroatoms. The highest BCUT2D eigenvalue weighted by Gasteiger charge is 2.25. The van der Waals surface area contributed by atoms with Crippen molar-refractivity contribution in [2.24, 2.45) is 5.92 Å². The Morgan fingerprint density at radius 3 is 2.56 bits per heavy atom. The molecule has 3 rings (SSSR count). The predicted molar refractivity (Wildman–Crippen MR) is 104 cm³/mol. The fourth-order valence-corrected chi connectivity index (χ4v) is 3.76. The molecule has 1 amide bonds. The highest BCUT2D eigenvalue weighted by molar-refractivity contribution is 5.78. The molecule has 1 aliphatic heterocycles. The maximum Gasteiger partial charge on any atom is 0.223 e. The highest BCUT2D eigenvalue weighted by Crippen LogP contribution is 2.24. The van der Waals surface area contributed by atoms with E-state index in [0.29, 0.717) is 18.5 Å². The number of nitrogens with one attached hydrogen (secondary N) is 1. The third kappa shape index (κ3) is 5.42. The largest absolute Gasteiger partial charge is 0.468 e. The van der Waals surface area contributed by atoms with Gasteiger partial charge in [0.1, 0.15) is 11.6 Å². The van der Waals surface area contributed by atoms with E-state index in [4.69, 9.17) is 4.42 Å². The first-order chi connectivity index (χ1) is 13.1. The normalized spacial score (nSPS) is 17.9. The first kappa shape index (κ1) is 19.6. The summed E-state index contributed by atoms with van der Waals surface area (Å²) in [6.45, 7) is 4.39. The zero-order chi connectivity index (χ0) is 19.1. The topological polar surface area (TPSA) is 45.5 Å². The molecule has 1 aliphatic rings. The number of halogens is 1. The van der Waals surface area contributed by atoms with Gasteiger partial charge in [-0.3, -0.25) is 9.69 Å². The standard InChI is InChI=1S/C22H29FN2O2/c1-17(15-18-9-4-5-10-19(18)23)22(26)24-16-20(21-11-8-14-27-21)25-12-6-2-3-7-13-25/h4-5,8-11,14,17,20H,2-3,6-7,12-13,15-16H2,1H3,(H,24,26). The average Bonchev–Trinajstić information content (AvgIpc) is 3.06. The van der Waals surface area contributed by atoms with Gasteiger partial charge < -0.3 is 9.73 Å². The van der Waals surface area contributed by atoms with Crippen molar-refractivity contribution in [2.75, 3.05) is 19.6 Å². The van der Waals surface area contributed by atoms with Crippen LogP contribution in [0, 0.1) is 11.7 Å². The van der Waals surface area contributed by atoms with E-state index in [1.165, 1.54) is 31.7 Å². The highest BCUT2D eigenvalue weighted by atomic mass is 19.1. The van der Waals surface area contributed by atoms with Crippen molar-refractivity contribution in [1.82, 2.24) is 10.2 Å². The minimum absolute atomic E-state index is 0.0442. The number of carbonyl (C=O) groups excluding carboxylic acids is 1. The maximum absolute atomic E-state index is 13.8. The molecule has 0 spiro atoms. The Labute approximate surface area is 160 Å². The van der Waals surface area contributed by atoms with Gasteiger partial charge in [-0.1, -0.05) is 38.0 Å². The Morgan fingerprint density at radius 2 is 1.89 bits per heavy atom. The smallest absolute Gasteiger partial charge is 0.223 e. The summed E-state index contributed by atoms with van der Waals surface area (Å²) in [6.07, 6.45) is 6.95. The van der Waals surface area contributed by atoms with Crippen LogP contribution in [-0.4, -0.2) is 30.4 Å². The number of amides is 1. The third-order valence-corrected chi connectivity index (χ3v) is 5.35. The lowest BCUT2D eigenvalue weighted by Crippen LogP contribution is -2.40. The van der Waals surface area contributed by atoms with Crippen LogP contribution < -0.4 is 5.32 Å². The third-order valence-electron chi connectivity index (χ3n) is 5.35. The summed E-state index contributed by atoms with van der Waals surface area (Å²) in [6, 6.07) is 10.6. The molecule has 1 N–H and O–H groups in total. The van der Waals surface area contributed by atoms with Gasteiger partial charge in [0, 0.05) is 12.5 Å². The molecule has 0 radical (unpaired) electrons. The van der Waals surface area contributed by atoms with Crippen molar-refractivity contribution in [3.63, 3.8) is 0 Å². The van der Waals surface area contributed by atoms with E-state index in [0.717, 1.165) is 18.8 Å². The number of hydrogen-bond acceptors (Lipinski definition) is 3. The van der Waals surface area contributed by atoms with Crippen molar-refractivity contribution in [2.45, 2.75) is 45.1 Å². The van der Waals surface area contributed by atoms with E-state index in [-0.39, 0.29) is 23.7 Å². The van der Waals surface area contributed by atoms with Crippen molar-refractivity contribution < 1.29 is 13.6 Å². The second-order valence-corrected chi connectivity index (χ2v) is 7.42. The fraction of sp³-hybridized carbons (Fsp3) is 0.500. The van der Waals surface area contributed by atoms with Crippen LogP contribution in [-0.2, 0) is 11.2 Å². The van der Waals surface area contributed by atoms with Crippen LogP contribution in [0.25, 0.3) is 0 Å². The first-order valence-electron chi connectivity index (χ1n) is 9.93. The lowest BCUT2D eigenvalue weighted by atomic mass is 10.00. The monoisotopic (exact) mass is 372 g/mol. The molecule has 1 saturated heterocycles. The molecular formula is C22H29FN2O2. The van der Waals surface area contributed by atoms with E-state index in [2.05, 4.69) is 10.2 Å². The van der Waals surface area contributed by atoms with E-state index < -0.39 is 0 Å². The number of carbonyl (C=O) groups is 1. The Hall–Kier alpha value is -2.14. The van der Waals surface area contributed by atoms with Gasteiger partial charge in [-0.25, -0.2) is 4.39 Å². The average molecular weight is 372 g/mol. The quantitative estimate of drug-likeness (QED) is 0.787. The first-order valence-corrected chi connectivity index (χ1v) is 9.93. The predicted octanol–water partition coefficient (Wildman–Crippen LogP) is 4.33. The molecule has 4 nitrogen and oxygen atoms in total. The van der Waals surface area contributed by atoms with Crippen molar-refractivity contribution in [3.05, 3.63) is 59.8 Å². The second kappa shape index (κ2) is 9.70. The van der Waals surface area contributed by atoms with Crippen LogP contribution in [0.15, 0.2) is 47.1 Å². The van der Waals surface area contributed by atoms with Crippen molar-refractivity contribution >= 4 is 5.91 Å². The Bertz CT molecular complexity index is 709. The van der Waals surface area contributed by atoms with Crippen LogP contribution >= 0.6 is 0 Å². The van der Waals surface area contributed by atoms with Crippen LogP contribution in [0.1, 0.15) is 50.0 Å². The van der Waals surface area contributed by atoms with Gasteiger partial charge in [0.25, 0.3) is 0 Å². The van der Waals surface area contributed by atoms with Crippen molar-refractivity contribution in [1.29, 1.82) is 0 Å². The Morgan fingerprint density at radius 1 is 1.15 bits per heavy atom.